The van der Waals surface area contributed by atoms with Gasteiger partial charge < -0.3 is 10.2 Å². The van der Waals surface area contributed by atoms with Gasteiger partial charge in [0.05, 0.1) is 24.5 Å². The highest BCUT2D eigenvalue weighted by Crippen LogP contribution is 2.23. The molecule has 1 aliphatic heterocycles. The molecule has 1 heterocycles. The van der Waals surface area contributed by atoms with Crippen LogP contribution < -0.4 is 10.2 Å². The van der Waals surface area contributed by atoms with Crippen LogP contribution >= 0.6 is 0 Å². The number of hydrogen-bond acceptors (Lipinski definition) is 3. The first-order chi connectivity index (χ1) is 12.9. The van der Waals surface area contributed by atoms with Crippen LogP contribution in [0.4, 0.5) is 0 Å². The first kappa shape index (κ1) is 21.9. The normalized spacial score (nSPS) is 16.6. The Balaban J connectivity index is 1.89. The molecule has 1 aromatic carbocycles. The van der Waals surface area contributed by atoms with E-state index in [0.29, 0.717) is 31.1 Å². The zero-order valence-electron chi connectivity index (χ0n) is 16.8. The highest BCUT2D eigenvalue weighted by molar-refractivity contribution is 7.89. The largest absolute Gasteiger partial charge is 0.352 e. The number of nitrogens with zero attached hydrogens (tertiary/aromatic N) is 1. The standard InChI is InChI=1S/C20H33N3O3S/c1-4-22(5-2)14-6-13-21-20(24)18-7-9-19(10-8-18)27(25,26)23-15-11-17(3)12-16-23/h7-10,17H,4-6,11-16H2,1-3H3,(H,21,24)/p+1. The van der Waals surface area contributed by atoms with Gasteiger partial charge in [-0.25, -0.2) is 8.42 Å². The van der Waals surface area contributed by atoms with Crippen LogP contribution in [-0.2, 0) is 10.0 Å². The number of rotatable bonds is 9. The number of benzene rings is 1. The molecule has 7 heteroatoms. The van der Waals surface area contributed by atoms with Crippen molar-refractivity contribution in [2.24, 2.45) is 5.92 Å². The minimum Gasteiger partial charge on any atom is -0.352 e. The summed E-state index contributed by atoms with van der Waals surface area (Å²) >= 11 is 0. The van der Waals surface area contributed by atoms with Gasteiger partial charge in [-0.3, -0.25) is 4.79 Å². The Kier molecular flexibility index (Phi) is 8.26. The lowest BCUT2D eigenvalue weighted by atomic mass is 10.0. The van der Waals surface area contributed by atoms with Gasteiger partial charge >= 0.3 is 0 Å². The van der Waals surface area contributed by atoms with E-state index in [4.69, 9.17) is 0 Å². The molecule has 0 atom stereocenters. The van der Waals surface area contributed by atoms with Gasteiger partial charge in [-0.1, -0.05) is 6.92 Å². The zero-order valence-corrected chi connectivity index (χ0v) is 17.6. The molecular weight excluding hydrogens is 362 g/mol. The number of quaternary nitrogens is 1. The van der Waals surface area contributed by atoms with Crippen molar-refractivity contribution in [3.8, 4) is 0 Å². The Morgan fingerprint density at radius 2 is 1.74 bits per heavy atom. The summed E-state index contributed by atoms with van der Waals surface area (Å²) in [6, 6.07) is 6.29. The van der Waals surface area contributed by atoms with Gasteiger partial charge in [0, 0.05) is 31.6 Å². The molecule has 0 saturated carbocycles. The average Bonchev–Trinajstić information content (AvgIpc) is 2.68. The molecular formula is C20H34N3O3S+. The maximum absolute atomic E-state index is 12.7. The monoisotopic (exact) mass is 396 g/mol. The van der Waals surface area contributed by atoms with E-state index in [0.717, 1.165) is 38.9 Å². The minimum absolute atomic E-state index is 0.153. The number of nitrogens with one attached hydrogen (secondary N) is 2. The molecule has 2 N–H and O–H groups in total. The molecule has 1 saturated heterocycles. The van der Waals surface area contributed by atoms with Gasteiger partial charge in [-0.2, -0.15) is 4.31 Å². The molecule has 0 spiro atoms. The third kappa shape index (κ3) is 6.02. The maximum Gasteiger partial charge on any atom is 0.251 e. The van der Waals surface area contributed by atoms with E-state index in [2.05, 4.69) is 26.1 Å². The molecule has 1 amide bonds. The molecule has 2 rings (SSSR count). The lowest BCUT2D eigenvalue weighted by Gasteiger charge is -2.29. The average molecular weight is 397 g/mol. The lowest BCUT2D eigenvalue weighted by Crippen LogP contribution is -3.11. The predicted molar refractivity (Wildman–Crippen MR) is 107 cm³/mol. The van der Waals surface area contributed by atoms with E-state index in [1.165, 1.54) is 4.90 Å². The molecule has 0 bridgehead atoms. The van der Waals surface area contributed by atoms with Crippen molar-refractivity contribution in [3.63, 3.8) is 0 Å². The van der Waals surface area contributed by atoms with Crippen LogP contribution in [0.3, 0.4) is 0 Å². The highest BCUT2D eigenvalue weighted by atomic mass is 32.2. The fourth-order valence-electron chi connectivity index (χ4n) is 3.40. The molecule has 0 aromatic heterocycles. The third-order valence-corrected chi connectivity index (χ3v) is 7.40. The maximum atomic E-state index is 12.7. The van der Waals surface area contributed by atoms with Gasteiger partial charge in [0.15, 0.2) is 0 Å². The Bertz CT molecular complexity index is 692. The second-order valence-electron chi connectivity index (χ2n) is 7.43. The topological polar surface area (TPSA) is 70.9 Å². The Hall–Kier alpha value is -1.44. The summed E-state index contributed by atoms with van der Waals surface area (Å²) in [7, 11) is -3.47. The number of carbonyl (C=O) groups excluding carboxylic acids is 1. The molecule has 1 fully saturated rings. The second kappa shape index (κ2) is 10.2. The molecule has 1 aromatic rings. The zero-order chi connectivity index (χ0) is 19.9. The van der Waals surface area contributed by atoms with Crippen LogP contribution in [0.1, 0.15) is 50.4 Å². The summed E-state index contributed by atoms with van der Waals surface area (Å²) in [6.45, 7) is 11.5. The van der Waals surface area contributed by atoms with E-state index in [1.54, 1.807) is 28.6 Å². The minimum atomic E-state index is -3.47. The van der Waals surface area contributed by atoms with E-state index >= 15 is 0 Å². The van der Waals surface area contributed by atoms with Crippen molar-refractivity contribution in [3.05, 3.63) is 29.8 Å². The Morgan fingerprint density at radius 1 is 1.15 bits per heavy atom. The van der Waals surface area contributed by atoms with Gasteiger partial charge in [-0.15, -0.1) is 0 Å². The van der Waals surface area contributed by atoms with Crippen molar-refractivity contribution in [1.29, 1.82) is 0 Å². The first-order valence-electron chi connectivity index (χ1n) is 10.1. The van der Waals surface area contributed by atoms with Crippen molar-refractivity contribution in [2.75, 3.05) is 39.3 Å². The quantitative estimate of drug-likeness (QED) is 0.615. The first-order valence-corrected chi connectivity index (χ1v) is 11.5. The predicted octanol–water partition coefficient (Wildman–Crippen LogP) is 1.15. The van der Waals surface area contributed by atoms with Crippen LogP contribution in [0.2, 0.25) is 0 Å². The van der Waals surface area contributed by atoms with Crippen LogP contribution in [0, 0.1) is 5.92 Å². The van der Waals surface area contributed by atoms with E-state index in [-0.39, 0.29) is 10.8 Å². The molecule has 0 aliphatic carbocycles. The van der Waals surface area contributed by atoms with Gasteiger partial charge in [0.2, 0.25) is 10.0 Å². The molecule has 27 heavy (non-hydrogen) atoms. The third-order valence-electron chi connectivity index (χ3n) is 5.49. The number of hydrogen-bond donors (Lipinski definition) is 2. The van der Waals surface area contributed by atoms with Crippen LogP contribution in [0.25, 0.3) is 0 Å². The van der Waals surface area contributed by atoms with Gasteiger partial charge in [-0.05, 0) is 56.9 Å². The molecule has 6 nitrogen and oxygen atoms in total. The summed E-state index contributed by atoms with van der Waals surface area (Å²) in [5.74, 6) is 0.422. The fourth-order valence-corrected chi connectivity index (χ4v) is 4.87. The summed E-state index contributed by atoms with van der Waals surface area (Å²) in [5.41, 5.74) is 0.497. The van der Waals surface area contributed by atoms with Crippen molar-refractivity contribution >= 4 is 15.9 Å². The summed E-state index contributed by atoms with van der Waals surface area (Å²) in [5, 5.41) is 2.92. The molecule has 0 unspecified atom stereocenters. The molecule has 152 valence electrons. The second-order valence-corrected chi connectivity index (χ2v) is 9.37. The number of carbonyl (C=O) groups is 1. The fraction of sp³-hybridized carbons (Fsp3) is 0.650. The number of piperidine rings is 1. The van der Waals surface area contributed by atoms with Gasteiger partial charge in [0.25, 0.3) is 5.91 Å². The molecule has 0 radical (unpaired) electrons. The number of sulfonamides is 1. The van der Waals surface area contributed by atoms with Crippen LogP contribution in [-0.4, -0.2) is 57.9 Å². The van der Waals surface area contributed by atoms with Crippen LogP contribution in [0.5, 0.6) is 0 Å². The Labute approximate surface area is 164 Å². The molecule has 1 aliphatic rings. The summed E-state index contributed by atoms with van der Waals surface area (Å²) in [4.78, 5) is 14.0. The number of amides is 1. The van der Waals surface area contributed by atoms with Gasteiger partial charge in [0.1, 0.15) is 0 Å². The van der Waals surface area contributed by atoms with Crippen LogP contribution in [0.15, 0.2) is 29.2 Å². The van der Waals surface area contributed by atoms with Crippen molar-refractivity contribution in [1.82, 2.24) is 9.62 Å². The highest BCUT2D eigenvalue weighted by Gasteiger charge is 2.28. The smallest absolute Gasteiger partial charge is 0.251 e. The van der Waals surface area contributed by atoms with E-state index < -0.39 is 10.0 Å². The summed E-state index contributed by atoms with van der Waals surface area (Å²) in [6.07, 6.45) is 2.73. The SMILES string of the molecule is CC[NH+](CC)CCCNC(=O)c1ccc(S(=O)(=O)N2CCC(C)CC2)cc1. The van der Waals surface area contributed by atoms with Crippen molar-refractivity contribution in [2.45, 2.75) is 44.9 Å². The van der Waals surface area contributed by atoms with E-state index in [1.807, 2.05) is 0 Å². The van der Waals surface area contributed by atoms with E-state index in [9.17, 15) is 13.2 Å². The lowest BCUT2D eigenvalue weighted by molar-refractivity contribution is -0.896. The Morgan fingerprint density at radius 3 is 2.30 bits per heavy atom. The summed E-state index contributed by atoms with van der Waals surface area (Å²) < 4.78 is 27.0. The van der Waals surface area contributed by atoms with Crippen molar-refractivity contribution < 1.29 is 18.1 Å².